The van der Waals surface area contributed by atoms with Crippen LogP contribution < -0.4 is 16.1 Å². The molecule has 8 nitrogen and oxygen atoms in total. The van der Waals surface area contributed by atoms with Crippen LogP contribution in [-0.4, -0.2) is 46.9 Å². The van der Waals surface area contributed by atoms with Crippen molar-refractivity contribution >= 4 is 5.91 Å². The van der Waals surface area contributed by atoms with E-state index in [0.717, 1.165) is 38.0 Å². The summed E-state index contributed by atoms with van der Waals surface area (Å²) in [6.07, 6.45) is 5.19. The van der Waals surface area contributed by atoms with Gasteiger partial charge in [0, 0.05) is 30.7 Å². The molecule has 1 amide bonds. The summed E-state index contributed by atoms with van der Waals surface area (Å²) in [4.78, 5) is 12.4. The molecule has 29 heavy (non-hydrogen) atoms. The fourth-order valence-corrected chi connectivity index (χ4v) is 4.46. The highest BCUT2D eigenvalue weighted by Crippen LogP contribution is 2.34. The number of aromatic nitrogens is 2. The molecule has 0 saturated carbocycles. The highest BCUT2D eigenvalue weighted by atomic mass is 16.4. The third-order valence-electron chi connectivity index (χ3n) is 6.02. The zero-order valence-corrected chi connectivity index (χ0v) is 16.3. The van der Waals surface area contributed by atoms with Gasteiger partial charge in [-0.2, -0.15) is 0 Å². The molecule has 3 N–H and O–H groups in total. The average Bonchev–Trinajstić information content (AvgIpc) is 3.40. The maximum Gasteiger partial charge on any atom is 0.247 e. The van der Waals surface area contributed by atoms with Gasteiger partial charge in [0.15, 0.2) is 0 Å². The van der Waals surface area contributed by atoms with Crippen molar-refractivity contribution < 1.29 is 9.21 Å². The molecular weight excluding hydrogens is 368 g/mol. The number of hydrogen-bond donors (Lipinski definition) is 3. The van der Waals surface area contributed by atoms with Crippen molar-refractivity contribution in [2.45, 2.75) is 37.8 Å². The van der Waals surface area contributed by atoms with E-state index in [-0.39, 0.29) is 18.0 Å². The first-order valence-electron chi connectivity index (χ1n) is 10.4. The van der Waals surface area contributed by atoms with Crippen molar-refractivity contribution in [1.82, 2.24) is 31.3 Å². The first-order valence-corrected chi connectivity index (χ1v) is 10.4. The van der Waals surface area contributed by atoms with E-state index in [2.05, 4.69) is 43.4 Å². The van der Waals surface area contributed by atoms with Gasteiger partial charge < -0.3 is 15.1 Å². The summed E-state index contributed by atoms with van der Waals surface area (Å²) >= 11 is 0. The quantitative estimate of drug-likeness (QED) is 0.699. The van der Waals surface area contributed by atoms with Crippen molar-refractivity contribution in [3.05, 3.63) is 59.4 Å². The maximum atomic E-state index is 12.4. The molecule has 0 bridgehead atoms. The van der Waals surface area contributed by atoms with Gasteiger partial charge in [-0.15, -0.1) is 10.2 Å². The maximum absolute atomic E-state index is 12.4. The van der Waals surface area contributed by atoms with Gasteiger partial charge in [0.05, 0.1) is 5.92 Å². The second kappa shape index (κ2) is 7.96. The summed E-state index contributed by atoms with van der Waals surface area (Å²) in [6, 6.07) is 10.3. The summed E-state index contributed by atoms with van der Waals surface area (Å²) < 4.78 is 5.98. The first kappa shape index (κ1) is 18.3. The van der Waals surface area contributed by atoms with Gasteiger partial charge >= 0.3 is 0 Å². The molecule has 3 aliphatic heterocycles. The lowest BCUT2D eigenvalue weighted by Crippen LogP contribution is -2.53. The first-order chi connectivity index (χ1) is 14.3. The standard InChI is InChI=1S/C21H26N6O2/c28-18-12-17(15-8-10-22-11-9-15)27-20(24-18)16(13-23-27)21-26-25-19(29-21)7-6-14-4-2-1-3-5-14/h1-5,12,15-16,20,22-23H,6-11,13H2,(H,24,28). The topological polar surface area (TPSA) is 95.3 Å². The number of hydrazine groups is 1. The largest absolute Gasteiger partial charge is 0.425 e. The molecule has 2 saturated heterocycles. The minimum atomic E-state index is -0.195. The zero-order chi connectivity index (χ0) is 19.6. The van der Waals surface area contributed by atoms with E-state index in [1.165, 1.54) is 5.56 Å². The molecule has 2 aromatic rings. The lowest BCUT2D eigenvalue weighted by atomic mass is 9.92. The Bertz CT molecular complexity index is 890. The average molecular weight is 394 g/mol. The van der Waals surface area contributed by atoms with Gasteiger partial charge in [0.2, 0.25) is 17.7 Å². The number of amides is 1. The van der Waals surface area contributed by atoms with E-state index in [1.807, 2.05) is 18.2 Å². The fraction of sp³-hybridized carbons (Fsp3) is 0.476. The number of allylic oxidation sites excluding steroid dienone is 1. The Labute approximate surface area is 169 Å². The molecule has 0 spiro atoms. The van der Waals surface area contributed by atoms with Crippen molar-refractivity contribution in [1.29, 1.82) is 0 Å². The van der Waals surface area contributed by atoms with Crippen LogP contribution in [0.3, 0.4) is 0 Å². The Morgan fingerprint density at radius 2 is 1.93 bits per heavy atom. The van der Waals surface area contributed by atoms with Crippen molar-refractivity contribution in [2.24, 2.45) is 5.92 Å². The van der Waals surface area contributed by atoms with E-state index in [0.29, 0.717) is 30.7 Å². The van der Waals surface area contributed by atoms with Gasteiger partial charge in [-0.25, -0.2) is 5.43 Å². The molecule has 0 radical (unpaired) electrons. The zero-order valence-electron chi connectivity index (χ0n) is 16.3. The number of carbonyl (C=O) groups is 1. The van der Waals surface area contributed by atoms with Crippen LogP contribution in [0.25, 0.3) is 0 Å². The number of carbonyl (C=O) groups excluding carboxylic acids is 1. The third-order valence-corrected chi connectivity index (χ3v) is 6.02. The summed E-state index contributed by atoms with van der Waals surface area (Å²) in [6.45, 7) is 2.63. The highest BCUT2D eigenvalue weighted by molar-refractivity contribution is 5.89. The van der Waals surface area contributed by atoms with E-state index < -0.39 is 0 Å². The molecule has 152 valence electrons. The van der Waals surface area contributed by atoms with Crippen molar-refractivity contribution in [3.63, 3.8) is 0 Å². The molecule has 1 aromatic carbocycles. The minimum Gasteiger partial charge on any atom is -0.425 e. The minimum absolute atomic E-state index is 0.0442. The Hall–Kier alpha value is -2.71. The third kappa shape index (κ3) is 3.77. The van der Waals surface area contributed by atoms with Crippen LogP contribution in [0.15, 0.2) is 46.5 Å². The fourth-order valence-electron chi connectivity index (χ4n) is 4.46. The lowest BCUT2D eigenvalue weighted by Gasteiger charge is -2.38. The van der Waals surface area contributed by atoms with Crippen LogP contribution in [0.1, 0.15) is 36.1 Å². The molecule has 1 aromatic heterocycles. The number of nitrogens with zero attached hydrogens (tertiary/aromatic N) is 3. The molecule has 0 aliphatic carbocycles. The van der Waals surface area contributed by atoms with E-state index in [9.17, 15) is 4.79 Å². The van der Waals surface area contributed by atoms with Gasteiger partial charge in [-0.3, -0.25) is 9.80 Å². The summed E-state index contributed by atoms with van der Waals surface area (Å²) in [5.41, 5.74) is 5.77. The number of rotatable bonds is 5. The Morgan fingerprint density at radius 3 is 2.76 bits per heavy atom. The smallest absolute Gasteiger partial charge is 0.247 e. The predicted octanol–water partition coefficient (Wildman–Crippen LogP) is 1.10. The van der Waals surface area contributed by atoms with E-state index in [1.54, 1.807) is 6.08 Å². The molecular formula is C21H26N6O2. The number of fused-ring (bicyclic) bond motifs is 1. The number of piperidine rings is 1. The molecule has 2 atom stereocenters. The van der Waals surface area contributed by atoms with Crippen LogP contribution in [0.5, 0.6) is 0 Å². The molecule has 4 heterocycles. The van der Waals surface area contributed by atoms with Crippen LogP contribution in [-0.2, 0) is 17.6 Å². The van der Waals surface area contributed by atoms with Gasteiger partial charge in [0.25, 0.3) is 0 Å². The van der Waals surface area contributed by atoms with Crippen LogP contribution in [0, 0.1) is 5.92 Å². The van der Waals surface area contributed by atoms with Crippen molar-refractivity contribution in [3.8, 4) is 0 Å². The molecule has 8 heteroatoms. The van der Waals surface area contributed by atoms with E-state index in [4.69, 9.17) is 4.42 Å². The monoisotopic (exact) mass is 394 g/mol. The number of benzene rings is 1. The molecule has 5 rings (SSSR count). The number of nitrogens with one attached hydrogen (secondary N) is 3. The van der Waals surface area contributed by atoms with Gasteiger partial charge in [-0.1, -0.05) is 30.3 Å². The molecule has 2 fully saturated rings. The van der Waals surface area contributed by atoms with Crippen LogP contribution >= 0.6 is 0 Å². The van der Waals surface area contributed by atoms with Gasteiger partial charge in [-0.05, 0) is 37.9 Å². The SMILES string of the molecule is O=C1C=C(C2CCNCC2)N2NCC(c3nnc(CCc4ccccc4)o3)C2N1. The Kier molecular flexibility index (Phi) is 5.03. The van der Waals surface area contributed by atoms with Crippen LogP contribution in [0.2, 0.25) is 0 Å². The Morgan fingerprint density at radius 1 is 1.10 bits per heavy atom. The number of hydrogen-bond acceptors (Lipinski definition) is 7. The normalized spacial score (nSPS) is 24.9. The van der Waals surface area contributed by atoms with Crippen LogP contribution in [0.4, 0.5) is 0 Å². The van der Waals surface area contributed by atoms with Crippen molar-refractivity contribution in [2.75, 3.05) is 19.6 Å². The van der Waals surface area contributed by atoms with E-state index >= 15 is 0 Å². The molecule has 3 aliphatic rings. The summed E-state index contributed by atoms with van der Waals surface area (Å²) in [5, 5.41) is 17.1. The highest BCUT2D eigenvalue weighted by Gasteiger charge is 2.44. The lowest BCUT2D eigenvalue weighted by molar-refractivity contribution is -0.119. The second-order valence-corrected chi connectivity index (χ2v) is 7.91. The Balaban J connectivity index is 1.29. The van der Waals surface area contributed by atoms with Gasteiger partial charge in [0.1, 0.15) is 6.17 Å². The second-order valence-electron chi connectivity index (χ2n) is 7.91. The summed E-state index contributed by atoms with van der Waals surface area (Å²) in [5.74, 6) is 1.50. The summed E-state index contributed by atoms with van der Waals surface area (Å²) in [7, 11) is 0. The predicted molar refractivity (Wildman–Crippen MR) is 106 cm³/mol. The number of aryl methyl sites for hydroxylation is 2. The molecule has 2 unspecified atom stereocenters.